The molecule has 3 rings (SSSR count). The molecule has 1 saturated carbocycles. The minimum atomic E-state index is -0.547. The second-order valence-electron chi connectivity index (χ2n) is 9.15. The van der Waals surface area contributed by atoms with E-state index in [0.717, 1.165) is 42.7 Å². The molecule has 0 spiro atoms. The lowest BCUT2D eigenvalue weighted by molar-refractivity contribution is -0.141. The summed E-state index contributed by atoms with van der Waals surface area (Å²) >= 11 is 0. The Balaban J connectivity index is 1.60. The van der Waals surface area contributed by atoms with Crippen LogP contribution in [-0.2, 0) is 16.1 Å². The van der Waals surface area contributed by atoms with Crippen LogP contribution < -0.4 is 14.8 Å². The number of amides is 2. The first kappa shape index (κ1) is 25.6. The fraction of sp³-hybridized carbons (Fsp3) is 0.500. The summed E-state index contributed by atoms with van der Waals surface area (Å²) in [7, 11) is 1.63. The van der Waals surface area contributed by atoms with E-state index in [0.29, 0.717) is 26.0 Å². The maximum Gasteiger partial charge on any atom is 0.242 e. The van der Waals surface area contributed by atoms with Gasteiger partial charge in [-0.15, -0.1) is 0 Å². The number of aryl methyl sites for hydroxylation is 1. The minimum absolute atomic E-state index is 0.0466. The highest BCUT2D eigenvalue weighted by atomic mass is 16.5. The summed E-state index contributed by atoms with van der Waals surface area (Å²) < 4.78 is 11.0. The fourth-order valence-corrected chi connectivity index (χ4v) is 4.27. The highest BCUT2D eigenvalue weighted by molar-refractivity contribution is 5.87. The Labute approximate surface area is 203 Å². The molecule has 184 valence electrons. The van der Waals surface area contributed by atoms with E-state index in [1.807, 2.05) is 62.4 Å². The molecule has 2 aromatic rings. The number of carbonyl (C=O) groups is 2. The molecule has 1 fully saturated rings. The van der Waals surface area contributed by atoms with Gasteiger partial charge >= 0.3 is 0 Å². The molecule has 1 aliphatic rings. The summed E-state index contributed by atoms with van der Waals surface area (Å²) in [5.41, 5.74) is 2.14. The third-order valence-electron chi connectivity index (χ3n) is 6.46. The van der Waals surface area contributed by atoms with Crippen LogP contribution in [-0.4, -0.2) is 42.5 Å². The maximum atomic E-state index is 13.2. The summed E-state index contributed by atoms with van der Waals surface area (Å²) in [6, 6.07) is 15.2. The number of nitrogens with zero attached hydrogens (tertiary/aromatic N) is 1. The van der Waals surface area contributed by atoms with Crippen molar-refractivity contribution in [3.8, 4) is 11.5 Å². The summed E-state index contributed by atoms with van der Waals surface area (Å²) in [5, 5.41) is 3.17. The van der Waals surface area contributed by atoms with Crippen molar-refractivity contribution in [3.63, 3.8) is 0 Å². The number of hydrogen-bond donors (Lipinski definition) is 1. The minimum Gasteiger partial charge on any atom is -0.497 e. The molecule has 0 bridgehead atoms. The highest BCUT2D eigenvalue weighted by Crippen LogP contribution is 2.19. The zero-order chi connectivity index (χ0) is 24.3. The van der Waals surface area contributed by atoms with Gasteiger partial charge in [0.05, 0.1) is 13.7 Å². The first-order valence-electron chi connectivity index (χ1n) is 12.4. The van der Waals surface area contributed by atoms with E-state index in [9.17, 15) is 9.59 Å². The number of methoxy groups -OCH3 is 1. The standard InChI is InChI=1S/C28H38N2O4/c1-21-11-15-26(16-12-21)34-19-7-10-27(31)30(20-23-13-17-25(33-3)18-14-23)22(2)28(32)29-24-8-5-4-6-9-24/h11-18,22,24H,4-10,19-20H2,1-3H3,(H,29,32)/t22-/m0/s1. The van der Waals surface area contributed by atoms with Crippen LogP contribution in [0.15, 0.2) is 48.5 Å². The number of benzene rings is 2. The average Bonchev–Trinajstić information content (AvgIpc) is 2.86. The quantitative estimate of drug-likeness (QED) is 0.472. The van der Waals surface area contributed by atoms with E-state index >= 15 is 0 Å². The number of rotatable bonds is 11. The van der Waals surface area contributed by atoms with E-state index in [1.54, 1.807) is 12.0 Å². The van der Waals surface area contributed by atoms with Gasteiger partial charge in [-0.1, -0.05) is 49.1 Å². The summed E-state index contributed by atoms with van der Waals surface area (Å²) in [5.74, 6) is 1.44. The second-order valence-corrected chi connectivity index (χ2v) is 9.15. The second kappa shape index (κ2) is 13.0. The van der Waals surface area contributed by atoms with Crippen molar-refractivity contribution in [2.24, 2.45) is 0 Å². The van der Waals surface area contributed by atoms with E-state index < -0.39 is 6.04 Å². The van der Waals surface area contributed by atoms with Crippen LogP contribution in [0.5, 0.6) is 11.5 Å². The van der Waals surface area contributed by atoms with Gasteiger partial charge in [0, 0.05) is 19.0 Å². The van der Waals surface area contributed by atoms with Gasteiger partial charge in [-0.3, -0.25) is 9.59 Å². The first-order valence-corrected chi connectivity index (χ1v) is 12.4. The van der Waals surface area contributed by atoms with Crippen LogP contribution in [0.3, 0.4) is 0 Å². The van der Waals surface area contributed by atoms with Crippen molar-refractivity contribution in [1.29, 1.82) is 0 Å². The molecule has 0 radical (unpaired) electrons. The van der Waals surface area contributed by atoms with Gasteiger partial charge in [0.15, 0.2) is 0 Å². The van der Waals surface area contributed by atoms with Crippen molar-refractivity contribution in [3.05, 3.63) is 59.7 Å². The van der Waals surface area contributed by atoms with Crippen molar-refractivity contribution in [2.75, 3.05) is 13.7 Å². The van der Waals surface area contributed by atoms with Gasteiger partial charge in [0.1, 0.15) is 17.5 Å². The SMILES string of the molecule is COc1ccc(CN(C(=O)CCCOc2ccc(C)cc2)[C@@H](C)C(=O)NC2CCCCC2)cc1. The lowest BCUT2D eigenvalue weighted by Gasteiger charge is -2.31. The Kier molecular flexibility index (Phi) is 9.80. The van der Waals surface area contributed by atoms with Gasteiger partial charge < -0.3 is 19.7 Å². The number of carbonyl (C=O) groups excluding carboxylic acids is 2. The van der Waals surface area contributed by atoms with Crippen molar-refractivity contribution < 1.29 is 19.1 Å². The molecule has 2 aromatic carbocycles. The lowest BCUT2D eigenvalue weighted by atomic mass is 9.95. The Hall–Kier alpha value is -3.02. The largest absolute Gasteiger partial charge is 0.497 e. The molecular weight excluding hydrogens is 428 g/mol. The van der Waals surface area contributed by atoms with Crippen molar-refractivity contribution in [1.82, 2.24) is 10.2 Å². The first-order chi connectivity index (χ1) is 16.5. The molecule has 0 unspecified atom stereocenters. The molecule has 34 heavy (non-hydrogen) atoms. The monoisotopic (exact) mass is 466 g/mol. The lowest BCUT2D eigenvalue weighted by Crippen LogP contribution is -2.50. The van der Waals surface area contributed by atoms with Crippen LogP contribution in [0, 0.1) is 6.92 Å². The predicted octanol–water partition coefficient (Wildman–Crippen LogP) is 5.03. The van der Waals surface area contributed by atoms with Crippen LogP contribution in [0.4, 0.5) is 0 Å². The molecular formula is C28H38N2O4. The normalized spacial score (nSPS) is 14.8. The van der Waals surface area contributed by atoms with Crippen LogP contribution in [0.1, 0.15) is 63.0 Å². The molecule has 0 saturated heterocycles. The Bertz CT molecular complexity index is 905. The number of hydrogen-bond acceptors (Lipinski definition) is 4. The third-order valence-corrected chi connectivity index (χ3v) is 6.46. The average molecular weight is 467 g/mol. The van der Waals surface area contributed by atoms with Gasteiger partial charge in [-0.05, 0) is 62.9 Å². The molecule has 1 aliphatic carbocycles. The van der Waals surface area contributed by atoms with E-state index in [2.05, 4.69) is 5.32 Å². The smallest absolute Gasteiger partial charge is 0.242 e. The molecule has 6 nitrogen and oxygen atoms in total. The molecule has 0 heterocycles. The zero-order valence-corrected chi connectivity index (χ0v) is 20.7. The summed E-state index contributed by atoms with van der Waals surface area (Å²) in [6.07, 6.45) is 6.46. The van der Waals surface area contributed by atoms with Crippen LogP contribution >= 0.6 is 0 Å². The van der Waals surface area contributed by atoms with Gasteiger partial charge in [-0.2, -0.15) is 0 Å². The van der Waals surface area contributed by atoms with Crippen molar-refractivity contribution in [2.45, 2.75) is 77.4 Å². The summed E-state index contributed by atoms with van der Waals surface area (Å²) in [4.78, 5) is 28.0. The fourth-order valence-electron chi connectivity index (χ4n) is 4.27. The Morgan fingerprint density at radius 2 is 1.65 bits per heavy atom. The number of nitrogens with one attached hydrogen (secondary N) is 1. The highest BCUT2D eigenvalue weighted by Gasteiger charge is 2.27. The predicted molar refractivity (Wildman–Crippen MR) is 134 cm³/mol. The topological polar surface area (TPSA) is 67.9 Å². The Morgan fingerprint density at radius 3 is 2.29 bits per heavy atom. The Morgan fingerprint density at radius 1 is 1.00 bits per heavy atom. The van der Waals surface area contributed by atoms with E-state index in [4.69, 9.17) is 9.47 Å². The molecule has 0 aliphatic heterocycles. The summed E-state index contributed by atoms with van der Waals surface area (Å²) in [6.45, 7) is 4.68. The molecule has 6 heteroatoms. The van der Waals surface area contributed by atoms with Gasteiger partial charge in [0.25, 0.3) is 0 Å². The van der Waals surface area contributed by atoms with Gasteiger partial charge in [0.2, 0.25) is 11.8 Å². The molecule has 1 N–H and O–H groups in total. The van der Waals surface area contributed by atoms with Crippen molar-refractivity contribution >= 4 is 11.8 Å². The van der Waals surface area contributed by atoms with Gasteiger partial charge in [-0.25, -0.2) is 0 Å². The van der Waals surface area contributed by atoms with E-state index in [1.165, 1.54) is 12.0 Å². The van der Waals surface area contributed by atoms with Crippen LogP contribution in [0.2, 0.25) is 0 Å². The van der Waals surface area contributed by atoms with Crippen LogP contribution in [0.25, 0.3) is 0 Å². The maximum absolute atomic E-state index is 13.2. The molecule has 1 atom stereocenters. The number of ether oxygens (including phenoxy) is 2. The van der Waals surface area contributed by atoms with E-state index in [-0.39, 0.29) is 17.9 Å². The molecule has 0 aromatic heterocycles. The zero-order valence-electron chi connectivity index (χ0n) is 20.7. The molecule has 2 amide bonds. The third kappa shape index (κ3) is 7.79.